The highest BCUT2D eigenvalue weighted by molar-refractivity contribution is 4.75. The molecule has 1 rings (SSSR count). The molecule has 1 aliphatic carbocycles. The molecule has 0 saturated heterocycles. The first-order valence-corrected chi connectivity index (χ1v) is 4.62. The maximum Gasteiger partial charge on any atom is 0.00950 e. The molecule has 1 saturated carbocycles. The van der Waals surface area contributed by atoms with E-state index in [-0.39, 0.29) is 0 Å². The Morgan fingerprint density at radius 1 is 1.10 bits per heavy atom. The van der Waals surface area contributed by atoms with Gasteiger partial charge in [0.25, 0.3) is 0 Å². The minimum atomic E-state index is 0.926. The molecule has 0 unspecified atom stereocenters. The average Bonchev–Trinajstić information content (AvgIpc) is 2.43. The Kier molecular flexibility index (Phi) is 3.20. The molecule has 1 nitrogen and oxygen atoms in total. The summed E-state index contributed by atoms with van der Waals surface area (Å²) in [6.07, 6.45) is 5.81. The summed E-state index contributed by atoms with van der Waals surface area (Å²) in [5.74, 6) is 0. The standard InChI is InChI=1S/C9H19N/c1-3-10(4-2)9-7-5-6-8-9/h9H,3-8H2,1-2H3. The third-order valence-electron chi connectivity index (χ3n) is 2.65. The zero-order valence-corrected chi connectivity index (χ0v) is 7.27. The molecule has 0 N–H and O–H groups in total. The third-order valence-corrected chi connectivity index (χ3v) is 2.65. The monoisotopic (exact) mass is 141 g/mol. The maximum atomic E-state index is 2.59. The van der Waals surface area contributed by atoms with Crippen LogP contribution >= 0.6 is 0 Å². The maximum absolute atomic E-state index is 2.59. The molecular formula is C9H19N. The number of hydrogen-bond acceptors (Lipinski definition) is 1. The van der Waals surface area contributed by atoms with Crippen LogP contribution in [0.3, 0.4) is 0 Å². The first-order chi connectivity index (χ1) is 4.88. The van der Waals surface area contributed by atoms with Gasteiger partial charge in [0.15, 0.2) is 0 Å². The quantitative estimate of drug-likeness (QED) is 0.583. The second-order valence-electron chi connectivity index (χ2n) is 3.16. The fraction of sp³-hybridized carbons (Fsp3) is 1.00. The largest absolute Gasteiger partial charge is 0.301 e. The summed E-state index contributed by atoms with van der Waals surface area (Å²) in [5, 5.41) is 0. The molecule has 0 atom stereocenters. The van der Waals surface area contributed by atoms with Crippen molar-refractivity contribution in [2.24, 2.45) is 0 Å². The Balaban J connectivity index is 2.29. The van der Waals surface area contributed by atoms with Gasteiger partial charge in [0.2, 0.25) is 0 Å². The SMILES string of the molecule is CCN(CC)C1CCCC1. The molecule has 0 radical (unpaired) electrons. The van der Waals surface area contributed by atoms with Gasteiger partial charge in [0.1, 0.15) is 0 Å². The van der Waals surface area contributed by atoms with Crippen LogP contribution in [0.5, 0.6) is 0 Å². The second-order valence-corrected chi connectivity index (χ2v) is 3.16. The summed E-state index contributed by atoms with van der Waals surface area (Å²) < 4.78 is 0. The molecule has 1 heteroatoms. The third kappa shape index (κ3) is 1.72. The lowest BCUT2D eigenvalue weighted by molar-refractivity contribution is 0.220. The van der Waals surface area contributed by atoms with Crippen LogP contribution in [0, 0.1) is 0 Å². The van der Waals surface area contributed by atoms with Crippen molar-refractivity contribution in [1.82, 2.24) is 4.90 Å². The van der Waals surface area contributed by atoms with E-state index in [0.29, 0.717) is 0 Å². The highest BCUT2D eigenvalue weighted by atomic mass is 15.1. The molecule has 10 heavy (non-hydrogen) atoms. The lowest BCUT2D eigenvalue weighted by Gasteiger charge is -2.25. The summed E-state index contributed by atoms with van der Waals surface area (Å²) in [4.78, 5) is 2.59. The molecule has 1 aliphatic rings. The Labute approximate surface area is 64.4 Å². The number of nitrogens with zero attached hydrogens (tertiary/aromatic N) is 1. The van der Waals surface area contributed by atoms with Gasteiger partial charge in [-0.15, -0.1) is 0 Å². The molecule has 0 aromatic carbocycles. The first-order valence-electron chi connectivity index (χ1n) is 4.62. The molecule has 0 bridgehead atoms. The van der Waals surface area contributed by atoms with E-state index < -0.39 is 0 Å². The van der Waals surface area contributed by atoms with Gasteiger partial charge in [-0.1, -0.05) is 26.7 Å². The van der Waals surface area contributed by atoms with E-state index in [1.165, 1.54) is 38.8 Å². The van der Waals surface area contributed by atoms with Crippen molar-refractivity contribution in [1.29, 1.82) is 0 Å². The summed E-state index contributed by atoms with van der Waals surface area (Å²) in [5.41, 5.74) is 0. The van der Waals surface area contributed by atoms with Gasteiger partial charge >= 0.3 is 0 Å². The van der Waals surface area contributed by atoms with Crippen LogP contribution in [0.4, 0.5) is 0 Å². The van der Waals surface area contributed by atoms with E-state index in [1.54, 1.807) is 0 Å². The molecule has 1 fully saturated rings. The van der Waals surface area contributed by atoms with E-state index in [1.807, 2.05) is 0 Å². The highest BCUT2D eigenvalue weighted by Gasteiger charge is 2.19. The van der Waals surface area contributed by atoms with Crippen LogP contribution in [-0.2, 0) is 0 Å². The van der Waals surface area contributed by atoms with Crippen molar-refractivity contribution in [2.75, 3.05) is 13.1 Å². The fourth-order valence-electron chi connectivity index (χ4n) is 2.01. The van der Waals surface area contributed by atoms with Crippen molar-refractivity contribution in [3.63, 3.8) is 0 Å². The minimum absolute atomic E-state index is 0.926. The van der Waals surface area contributed by atoms with E-state index in [0.717, 1.165) is 6.04 Å². The predicted octanol–water partition coefficient (Wildman–Crippen LogP) is 2.27. The Bertz CT molecular complexity index is 80.7. The predicted molar refractivity (Wildman–Crippen MR) is 45.2 cm³/mol. The van der Waals surface area contributed by atoms with Crippen molar-refractivity contribution in [2.45, 2.75) is 45.6 Å². The van der Waals surface area contributed by atoms with Crippen LogP contribution < -0.4 is 0 Å². The summed E-state index contributed by atoms with van der Waals surface area (Å²) in [7, 11) is 0. The fourth-order valence-corrected chi connectivity index (χ4v) is 2.01. The molecule has 0 heterocycles. The van der Waals surface area contributed by atoms with Crippen LogP contribution in [0.2, 0.25) is 0 Å². The number of rotatable bonds is 3. The highest BCUT2D eigenvalue weighted by Crippen LogP contribution is 2.22. The molecular weight excluding hydrogens is 122 g/mol. The van der Waals surface area contributed by atoms with E-state index in [2.05, 4.69) is 18.7 Å². The minimum Gasteiger partial charge on any atom is -0.301 e. The average molecular weight is 141 g/mol. The van der Waals surface area contributed by atoms with Crippen molar-refractivity contribution < 1.29 is 0 Å². The van der Waals surface area contributed by atoms with Gasteiger partial charge in [-0.2, -0.15) is 0 Å². The van der Waals surface area contributed by atoms with Crippen LogP contribution in [0.15, 0.2) is 0 Å². The number of hydrogen-bond donors (Lipinski definition) is 0. The van der Waals surface area contributed by atoms with Gasteiger partial charge in [0, 0.05) is 6.04 Å². The molecule has 0 aromatic heterocycles. The van der Waals surface area contributed by atoms with Gasteiger partial charge < -0.3 is 4.90 Å². The Morgan fingerprint density at radius 2 is 1.60 bits per heavy atom. The normalized spacial score (nSPS) is 20.7. The van der Waals surface area contributed by atoms with E-state index in [9.17, 15) is 0 Å². The molecule has 0 aliphatic heterocycles. The zero-order chi connectivity index (χ0) is 7.40. The molecule has 0 aromatic rings. The van der Waals surface area contributed by atoms with E-state index in [4.69, 9.17) is 0 Å². The van der Waals surface area contributed by atoms with Crippen molar-refractivity contribution in [3.8, 4) is 0 Å². The zero-order valence-electron chi connectivity index (χ0n) is 7.27. The molecule has 60 valence electrons. The van der Waals surface area contributed by atoms with Gasteiger partial charge in [-0.3, -0.25) is 0 Å². The topological polar surface area (TPSA) is 3.24 Å². The van der Waals surface area contributed by atoms with Crippen LogP contribution in [0.1, 0.15) is 39.5 Å². The van der Waals surface area contributed by atoms with Crippen LogP contribution in [-0.4, -0.2) is 24.0 Å². The van der Waals surface area contributed by atoms with E-state index >= 15 is 0 Å². The summed E-state index contributed by atoms with van der Waals surface area (Å²) in [6, 6.07) is 0.926. The van der Waals surface area contributed by atoms with Crippen LogP contribution in [0.25, 0.3) is 0 Å². The second kappa shape index (κ2) is 3.97. The van der Waals surface area contributed by atoms with Gasteiger partial charge in [-0.05, 0) is 25.9 Å². The van der Waals surface area contributed by atoms with Crippen molar-refractivity contribution >= 4 is 0 Å². The van der Waals surface area contributed by atoms with Gasteiger partial charge in [0.05, 0.1) is 0 Å². The summed E-state index contributed by atoms with van der Waals surface area (Å²) >= 11 is 0. The van der Waals surface area contributed by atoms with Crippen molar-refractivity contribution in [3.05, 3.63) is 0 Å². The Hall–Kier alpha value is -0.0400. The van der Waals surface area contributed by atoms with Gasteiger partial charge in [-0.25, -0.2) is 0 Å². The molecule has 0 amide bonds. The Morgan fingerprint density at radius 3 is 2.00 bits per heavy atom. The first kappa shape index (κ1) is 8.06. The lowest BCUT2D eigenvalue weighted by Crippen LogP contribution is -2.32. The lowest BCUT2D eigenvalue weighted by atomic mass is 10.2. The smallest absolute Gasteiger partial charge is 0.00950 e. The molecule has 0 spiro atoms. The summed E-state index contributed by atoms with van der Waals surface area (Å²) in [6.45, 7) is 7.01.